The Bertz CT molecular complexity index is 523. The Labute approximate surface area is 97.6 Å². The third kappa shape index (κ3) is 2.34. The standard InChI is InChI=1S/C10H10N4OS/c1-6-4-9(14-13-6)15-7-2-3-12-8(5-7)10(11)16/h2-5H,1H3,(H2,11,16)(H,13,14). The molecule has 82 valence electrons. The van der Waals surface area contributed by atoms with E-state index in [2.05, 4.69) is 15.2 Å². The van der Waals surface area contributed by atoms with Crippen molar-refractivity contribution >= 4 is 17.2 Å². The first kappa shape index (κ1) is 10.6. The molecular weight excluding hydrogens is 224 g/mol. The van der Waals surface area contributed by atoms with Crippen LogP contribution in [-0.2, 0) is 0 Å². The Morgan fingerprint density at radius 1 is 1.50 bits per heavy atom. The van der Waals surface area contributed by atoms with Crippen molar-refractivity contribution < 1.29 is 4.74 Å². The lowest BCUT2D eigenvalue weighted by atomic mass is 10.3. The summed E-state index contributed by atoms with van der Waals surface area (Å²) in [6.07, 6.45) is 1.59. The number of rotatable bonds is 3. The molecule has 16 heavy (non-hydrogen) atoms. The van der Waals surface area contributed by atoms with Crippen LogP contribution in [0, 0.1) is 6.92 Å². The maximum Gasteiger partial charge on any atom is 0.238 e. The van der Waals surface area contributed by atoms with Gasteiger partial charge >= 0.3 is 0 Å². The Morgan fingerprint density at radius 3 is 2.94 bits per heavy atom. The first-order valence-corrected chi connectivity index (χ1v) is 5.02. The molecule has 0 bridgehead atoms. The van der Waals surface area contributed by atoms with Gasteiger partial charge in [-0.1, -0.05) is 12.2 Å². The number of H-pyrrole nitrogens is 1. The number of aromatic nitrogens is 3. The highest BCUT2D eigenvalue weighted by molar-refractivity contribution is 7.80. The predicted molar refractivity (Wildman–Crippen MR) is 63.5 cm³/mol. The normalized spacial score (nSPS) is 10.1. The molecule has 6 heteroatoms. The van der Waals surface area contributed by atoms with Gasteiger partial charge in [0.15, 0.2) is 0 Å². The highest BCUT2D eigenvalue weighted by Crippen LogP contribution is 2.19. The Balaban J connectivity index is 2.21. The zero-order valence-electron chi connectivity index (χ0n) is 8.60. The summed E-state index contributed by atoms with van der Waals surface area (Å²) in [7, 11) is 0. The second-order valence-corrected chi connectivity index (χ2v) is 3.67. The number of aryl methyl sites for hydroxylation is 1. The summed E-state index contributed by atoms with van der Waals surface area (Å²) < 4.78 is 5.49. The maximum absolute atomic E-state index is 5.49. The van der Waals surface area contributed by atoms with Crippen molar-refractivity contribution in [3.63, 3.8) is 0 Å². The van der Waals surface area contributed by atoms with E-state index < -0.39 is 0 Å². The zero-order chi connectivity index (χ0) is 11.5. The van der Waals surface area contributed by atoms with E-state index in [4.69, 9.17) is 22.7 Å². The third-order valence-corrected chi connectivity index (χ3v) is 2.10. The summed E-state index contributed by atoms with van der Waals surface area (Å²) in [4.78, 5) is 4.25. The molecule has 0 fully saturated rings. The quantitative estimate of drug-likeness (QED) is 0.788. The lowest BCUT2D eigenvalue weighted by Crippen LogP contribution is -2.11. The number of hydrogen-bond donors (Lipinski definition) is 2. The summed E-state index contributed by atoms with van der Waals surface area (Å²) in [6, 6.07) is 5.18. The number of nitrogens with zero attached hydrogens (tertiary/aromatic N) is 2. The van der Waals surface area contributed by atoms with E-state index in [0.717, 1.165) is 5.69 Å². The predicted octanol–water partition coefficient (Wildman–Crippen LogP) is 1.54. The maximum atomic E-state index is 5.49. The van der Waals surface area contributed by atoms with Crippen LogP contribution in [0.15, 0.2) is 24.4 Å². The Hall–Kier alpha value is -1.95. The summed E-state index contributed by atoms with van der Waals surface area (Å²) in [5.41, 5.74) is 6.93. The SMILES string of the molecule is Cc1cc(Oc2ccnc(C(N)=S)c2)n[nH]1. The van der Waals surface area contributed by atoms with Crippen LogP contribution < -0.4 is 10.5 Å². The van der Waals surface area contributed by atoms with Crippen LogP contribution >= 0.6 is 12.2 Å². The van der Waals surface area contributed by atoms with E-state index in [1.165, 1.54) is 0 Å². The fraction of sp³-hybridized carbons (Fsp3) is 0.100. The van der Waals surface area contributed by atoms with Gasteiger partial charge in [0.25, 0.3) is 0 Å². The van der Waals surface area contributed by atoms with Crippen LogP contribution in [0.5, 0.6) is 11.6 Å². The number of aromatic amines is 1. The molecule has 0 saturated carbocycles. The second kappa shape index (κ2) is 4.28. The molecule has 2 heterocycles. The van der Waals surface area contributed by atoms with Crippen LogP contribution in [-0.4, -0.2) is 20.2 Å². The monoisotopic (exact) mass is 234 g/mol. The first-order valence-electron chi connectivity index (χ1n) is 4.61. The molecule has 2 rings (SSSR count). The molecule has 0 radical (unpaired) electrons. The molecule has 0 aliphatic heterocycles. The molecule has 0 spiro atoms. The number of thiocarbonyl (C=S) groups is 1. The van der Waals surface area contributed by atoms with E-state index in [1.807, 2.05) is 6.92 Å². The van der Waals surface area contributed by atoms with Gasteiger partial charge in [-0.3, -0.25) is 10.1 Å². The van der Waals surface area contributed by atoms with Gasteiger partial charge in [-0.2, -0.15) is 0 Å². The van der Waals surface area contributed by atoms with Crippen molar-refractivity contribution in [3.8, 4) is 11.6 Å². The average Bonchev–Trinajstić information content (AvgIpc) is 2.64. The molecule has 2 aromatic heterocycles. The number of nitrogens with two attached hydrogens (primary N) is 1. The van der Waals surface area contributed by atoms with Gasteiger partial charge in [-0.25, -0.2) is 0 Å². The Morgan fingerprint density at radius 2 is 2.31 bits per heavy atom. The minimum Gasteiger partial charge on any atom is -0.437 e. The fourth-order valence-corrected chi connectivity index (χ4v) is 1.29. The van der Waals surface area contributed by atoms with E-state index in [0.29, 0.717) is 17.3 Å². The number of hydrogen-bond acceptors (Lipinski definition) is 4. The molecule has 5 nitrogen and oxygen atoms in total. The van der Waals surface area contributed by atoms with Gasteiger partial charge in [0.2, 0.25) is 5.88 Å². The molecule has 3 N–H and O–H groups in total. The van der Waals surface area contributed by atoms with Gasteiger partial charge in [0.1, 0.15) is 16.4 Å². The van der Waals surface area contributed by atoms with Gasteiger partial charge < -0.3 is 10.5 Å². The highest BCUT2D eigenvalue weighted by atomic mass is 32.1. The molecule has 0 amide bonds. The van der Waals surface area contributed by atoms with Gasteiger partial charge in [0, 0.05) is 24.0 Å². The molecule has 0 unspecified atom stereocenters. The molecule has 0 atom stereocenters. The topological polar surface area (TPSA) is 76.8 Å². The van der Waals surface area contributed by atoms with E-state index in [-0.39, 0.29) is 4.99 Å². The third-order valence-electron chi connectivity index (χ3n) is 1.89. The van der Waals surface area contributed by atoms with Crippen LogP contribution in [0.1, 0.15) is 11.4 Å². The average molecular weight is 234 g/mol. The summed E-state index contributed by atoms with van der Waals surface area (Å²) in [5, 5.41) is 6.74. The van der Waals surface area contributed by atoms with Crippen molar-refractivity contribution in [3.05, 3.63) is 35.8 Å². The van der Waals surface area contributed by atoms with Crippen LogP contribution in [0.2, 0.25) is 0 Å². The molecule has 0 aromatic carbocycles. The van der Waals surface area contributed by atoms with Gasteiger partial charge in [0.05, 0.1) is 0 Å². The largest absolute Gasteiger partial charge is 0.437 e. The highest BCUT2D eigenvalue weighted by Gasteiger charge is 2.03. The van der Waals surface area contributed by atoms with E-state index >= 15 is 0 Å². The minimum atomic E-state index is 0.239. The molecule has 0 aliphatic carbocycles. The smallest absolute Gasteiger partial charge is 0.238 e. The first-order chi connectivity index (χ1) is 7.65. The lowest BCUT2D eigenvalue weighted by Gasteiger charge is -2.02. The Kier molecular flexibility index (Phi) is 2.82. The molecule has 0 saturated heterocycles. The minimum absolute atomic E-state index is 0.239. The van der Waals surface area contributed by atoms with Crippen LogP contribution in [0.4, 0.5) is 0 Å². The van der Waals surface area contributed by atoms with Crippen molar-refractivity contribution in [1.29, 1.82) is 0 Å². The van der Waals surface area contributed by atoms with Crippen molar-refractivity contribution in [2.24, 2.45) is 5.73 Å². The van der Waals surface area contributed by atoms with Crippen LogP contribution in [0.3, 0.4) is 0 Å². The fourth-order valence-electron chi connectivity index (χ4n) is 1.18. The summed E-state index contributed by atoms with van der Waals surface area (Å²) in [5.74, 6) is 1.10. The molecule has 0 aliphatic rings. The van der Waals surface area contributed by atoms with Crippen molar-refractivity contribution in [1.82, 2.24) is 15.2 Å². The second-order valence-electron chi connectivity index (χ2n) is 3.23. The molecular formula is C10H10N4OS. The van der Waals surface area contributed by atoms with Crippen LogP contribution in [0.25, 0.3) is 0 Å². The summed E-state index contributed by atoms with van der Waals surface area (Å²) >= 11 is 4.83. The van der Waals surface area contributed by atoms with E-state index in [9.17, 15) is 0 Å². The number of pyridine rings is 1. The van der Waals surface area contributed by atoms with Crippen molar-refractivity contribution in [2.45, 2.75) is 6.92 Å². The van der Waals surface area contributed by atoms with E-state index in [1.54, 1.807) is 24.4 Å². The van der Waals surface area contributed by atoms with Crippen molar-refractivity contribution in [2.75, 3.05) is 0 Å². The summed E-state index contributed by atoms with van der Waals surface area (Å²) in [6.45, 7) is 1.90. The van der Waals surface area contributed by atoms with Gasteiger partial charge in [-0.05, 0) is 13.0 Å². The van der Waals surface area contributed by atoms with Gasteiger partial charge in [-0.15, -0.1) is 5.10 Å². The number of ether oxygens (including phenoxy) is 1. The zero-order valence-corrected chi connectivity index (χ0v) is 9.41. The molecule has 2 aromatic rings. The number of nitrogens with one attached hydrogen (secondary N) is 1. The lowest BCUT2D eigenvalue weighted by molar-refractivity contribution is 0.461.